The van der Waals surface area contributed by atoms with E-state index in [2.05, 4.69) is 20.3 Å². The Morgan fingerprint density at radius 1 is 1.07 bits per heavy atom. The quantitative estimate of drug-likeness (QED) is 0.359. The number of carboxylic acids is 1. The van der Waals surface area contributed by atoms with E-state index in [1.165, 1.54) is 31.0 Å². The first-order valence-electron chi connectivity index (χ1n) is 11.3. The number of carbonyl (C=O) groups is 3. The maximum Gasteiger partial charge on any atom is 0.411 e. The van der Waals surface area contributed by atoms with Crippen molar-refractivity contribution in [2.24, 2.45) is 14.1 Å². The summed E-state index contributed by atoms with van der Waals surface area (Å²) in [6.45, 7) is 4.93. The van der Waals surface area contributed by atoms with E-state index in [1.54, 1.807) is 23.9 Å². The zero-order valence-electron chi connectivity index (χ0n) is 21.3. The number of carboxylic acid groups (broad SMARTS) is 1. The molecule has 3 rings (SSSR count). The van der Waals surface area contributed by atoms with E-state index in [9.17, 15) is 14.4 Å². The van der Waals surface area contributed by atoms with E-state index in [4.69, 9.17) is 38.8 Å². The fourth-order valence-corrected chi connectivity index (χ4v) is 3.07. The normalized spacial score (nSPS) is 11.1. The Balaban J connectivity index is -0.0000000774. The number of methoxy groups -OCH3 is 1. The molecule has 0 spiro atoms. The van der Waals surface area contributed by atoms with E-state index in [-0.39, 0.29) is 53.0 Å². The van der Waals surface area contributed by atoms with Crippen LogP contribution in [0, 0.1) is 0 Å². The number of nitrogens with two attached hydrogens (primary N) is 1. The molecule has 0 unspecified atom stereocenters. The summed E-state index contributed by atoms with van der Waals surface area (Å²) in [5, 5.41) is 14.0. The van der Waals surface area contributed by atoms with Crippen LogP contribution in [0.2, 0.25) is 0 Å². The summed E-state index contributed by atoms with van der Waals surface area (Å²) in [5.74, 6) is -1.13. The fraction of sp³-hybridized carbons (Fsp3) is 0.560. The van der Waals surface area contributed by atoms with E-state index in [0.29, 0.717) is 23.6 Å². The van der Waals surface area contributed by atoms with Crippen LogP contribution in [-0.4, -0.2) is 120 Å². The Morgan fingerprint density at radius 3 is 2.00 bits per heavy atom. The number of aromatic nitrogens is 2. The van der Waals surface area contributed by atoms with Crippen LogP contribution in [-0.2, 0) is 23.6 Å². The molecule has 5 N–H and O–H groups in total. The molecule has 0 aromatic carbocycles. The molecular formula is C25H56B5N6O6. The number of hydrogen-bond acceptors (Lipinski definition) is 7. The Bertz CT molecular complexity index is 1030. The third-order valence-corrected chi connectivity index (χ3v) is 4.95. The predicted molar refractivity (Wildman–Crippen MR) is 187 cm³/mol. The lowest BCUT2D eigenvalue weighted by Crippen LogP contribution is -2.41. The Kier molecular flexibility index (Phi) is 29.5. The highest BCUT2D eigenvalue weighted by molar-refractivity contribution is 7.60. The highest BCUT2D eigenvalue weighted by atomic mass is 16.5. The molecule has 1 fully saturated rings. The molecule has 2 aromatic heterocycles. The van der Waals surface area contributed by atoms with E-state index >= 15 is 0 Å². The maximum atomic E-state index is 11.9. The molecule has 3 heterocycles. The minimum Gasteiger partial charge on any atom is -0.477 e. The molecule has 0 saturated carbocycles. The fourth-order valence-electron chi connectivity index (χ4n) is 3.07. The van der Waals surface area contributed by atoms with Gasteiger partial charge in [0.05, 0.1) is 31.7 Å². The number of carbonyl (C=O) groups excluding carboxylic acids is 2. The number of nitrogens with zero attached hydrogens (tertiary/aromatic N) is 3. The van der Waals surface area contributed by atoms with Gasteiger partial charge in [0, 0.05) is 93.6 Å². The smallest absolute Gasteiger partial charge is 0.411 e. The topological polar surface area (TPSA) is 153 Å². The van der Waals surface area contributed by atoms with Gasteiger partial charge in [-0.2, -0.15) is 0 Å². The van der Waals surface area contributed by atoms with Crippen molar-refractivity contribution in [1.29, 1.82) is 0 Å². The lowest BCUT2D eigenvalue weighted by atomic mass is 8.97. The molecule has 2 aromatic rings. The van der Waals surface area contributed by atoms with E-state index < -0.39 is 18.4 Å². The third kappa shape index (κ3) is 18.3. The molecule has 1 saturated heterocycles. The molecule has 1 aliphatic rings. The molecule has 42 heavy (non-hydrogen) atoms. The van der Waals surface area contributed by atoms with Crippen LogP contribution in [0.15, 0.2) is 24.5 Å². The Hall–Kier alpha value is -3.19. The van der Waals surface area contributed by atoms with Gasteiger partial charge in [-0.3, -0.25) is 15.0 Å². The number of rotatable bonds is 7. The SMILES string of the molecule is C.C.C.C.C.COC(=O)Nc1cc(C(=O)O)n(C)c1.Cn1cc(N)cc1C(=O)NCCN1CCOCC1.[B][B]B([B])[B].[HH].[HH].[HH]. The molecule has 0 atom stereocenters. The van der Waals surface area contributed by atoms with Crippen LogP contribution < -0.4 is 16.4 Å². The monoisotopic (exact) mass is 591 g/mol. The average Bonchev–Trinajstić information content (AvgIpc) is 3.40. The van der Waals surface area contributed by atoms with E-state index in [1.807, 2.05) is 7.05 Å². The second-order valence-electron chi connectivity index (χ2n) is 7.90. The molecule has 7 radical (unpaired) electrons. The van der Waals surface area contributed by atoms with Gasteiger partial charge < -0.3 is 34.8 Å². The van der Waals surface area contributed by atoms with Crippen LogP contribution in [0.1, 0.15) is 62.4 Å². The van der Waals surface area contributed by atoms with Gasteiger partial charge in [0.15, 0.2) is 0 Å². The molecule has 2 amide bonds. The van der Waals surface area contributed by atoms with Crippen LogP contribution in [0.4, 0.5) is 16.2 Å². The van der Waals surface area contributed by atoms with E-state index in [0.717, 1.165) is 32.8 Å². The van der Waals surface area contributed by atoms with Gasteiger partial charge in [-0.15, -0.1) is 0 Å². The van der Waals surface area contributed by atoms with Gasteiger partial charge in [0.2, 0.25) is 0 Å². The average molecular weight is 591 g/mol. The molecule has 237 valence electrons. The summed E-state index contributed by atoms with van der Waals surface area (Å²) in [4.78, 5) is 35.6. The van der Waals surface area contributed by atoms with Crippen LogP contribution >= 0.6 is 0 Å². The van der Waals surface area contributed by atoms with Gasteiger partial charge in [0.1, 0.15) is 11.4 Å². The van der Waals surface area contributed by atoms with Crippen molar-refractivity contribution < 1.29 is 33.2 Å². The van der Waals surface area contributed by atoms with Crippen molar-refractivity contribution in [1.82, 2.24) is 19.4 Å². The van der Waals surface area contributed by atoms with Gasteiger partial charge >= 0.3 is 12.1 Å². The van der Waals surface area contributed by atoms with Gasteiger partial charge in [-0.1, -0.05) is 37.1 Å². The first kappa shape index (κ1) is 48.5. The second kappa shape index (κ2) is 25.5. The minimum absolute atomic E-state index is 0. The molecule has 0 aliphatic carbocycles. The van der Waals surface area contributed by atoms with Crippen molar-refractivity contribution in [3.63, 3.8) is 0 Å². The number of aromatic carboxylic acids is 1. The first-order chi connectivity index (χ1) is 17.5. The standard InChI is InChI=1S/C12H20N4O2.C8H10N2O4.5CH4.B5.3H2/c1-15-9-10(13)8-11(15)12(17)14-2-3-16-4-6-18-7-5-16;1-10-4-5(9-8(13)14-2)3-6(10)7(11)12;;;;;;1-4-5(2)3;;;/h8-9H,2-7,13H2,1H3,(H,14,17);3-4H,1-2H3,(H,9,13)(H,11,12);5*1H4;;3*1H. The summed E-state index contributed by atoms with van der Waals surface area (Å²) in [6, 6.07) is 3.03. The number of nitrogen functional groups attached to an aromatic ring is 1. The van der Waals surface area contributed by atoms with Crippen molar-refractivity contribution >= 4 is 66.0 Å². The highest BCUT2D eigenvalue weighted by Crippen LogP contribution is 2.12. The summed E-state index contributed by atoms with van der Waals surface area (Å²) in [7, 11) is 20.4. The molecule has 0 bridgehead atoms. The molecule has 1 aliphatic heterocycles. The van der Waals surface area contributed by atoms with Crippen LogP contribution in [0.3, 0.4) is 0 Å². The van der Waals surface area contributed by atoms with Crippen molar-refractivity contribution in [2.45, 2.75) is 37.1 Å². The summed E-state index contributed by atoms with van der Waals surface area (Å²) in [5.41, 5.74) is 7.32. The predicted octanol–water partition coefficient (Wildman–Crippen LogP) is 2.59. The number of amides is 2. The third-order valence-electron chi connectivity index (χ3n) is 4.95. The number of morpholine rings is 1. The van der Waals surface area contributed by atoms with Crippen LogP contribution in [0.5, 0.6) is 0 Å². The Labute approximate surface area is 263 Å². The second-order valence-corrected chi connectivity index (χ2v) is 7.90. The number of aryl methyl sites for hydroxylation is 2. The molecule has 17 heteroatoms. The molecular weight excluding hydrogens is 534 g/mol. The maximum absolute atomic E-state index is 11.9. The van der Waals surface area contributed by atoms with Gasteiger partial charge in [-0.25, -0.2) is 9.59 Å². The van der Waals surface area contributed by atoms with Crippen molar-refractivity contribution in [3.05, 3.63) is 35.9 Å². The zero-order valence-corrected chi connectivity index (χ0v) is 21.3. The van der Waals surface area contributed by atoms with Crippen molar-refractivity contribution in [2.75, 3.05) is 57.6 Å². The number of ether oxygens (including phenoxy) is 2. The lowest BCUT2D eigenvalue weighted by Gasteiger charge is -2.26. The van der Waals surface area contributed by atoms with Gasteiger partial charge in [0.25, 0.3) is 5.91 Å². The molecule has 12 nitrogen and oxygen atoms in total. The number of anilines is 2. The zero-order chi connectivity index (χ0) is 28.0. The van der Waals surface area contributed by atoms with Gasteiger partial charge in [-0.05, 0) is 12.1 Å². The summed E-state index contributed by atoms with van der Waals surface area (Å²) in [6.07, 6.45) is 2.12. The number of nitrogens with one attached hydrogen (secondary N) is 2. The van der Waals surface area contributed by atoms with Crippen molar-refractivity contribution in [3.8, 4) is 0 Å². The largest absolute Gasteiger partial charge is 0.477 e. The first-order valence-corrected chi connectivity index (χ1v) is 11.3. The minimum atomic E-state index is -1.05. The van der Waals surface area contributed by atoms with Crippen LogP contribution in [0.25, 0.3) is 0 Å². The lowest BCUT2D eigenvalue weighted by molar-refractivity contribution is 0.0383. The highest BCUT2D eigenvalue weighted by Gasteiger charge is 2.13. The Morgan fingerprint density at radius 2 is 1.60 bits per heavy atom. The number of hydrogen-bond donors (Lipinski definition) is 4. The summed E-state index contributed by atoms with van der Waals surface area (Å²) >= 11 is 0. The summed E-state index contributed by atoms with van der Waals surface area (Å²) < 4.78 is 12.8.